The number of sulfonamides is 1. The van der Waals surface area contributed by atoms with Gasteiger partial charge in [-0.3, -0.25) is 9.59 Å². The number of esters is 1. The van der Waals surface area contributed by atoms with E-state index in [0.717, 1.165) is 22.5 Å². The number of ether oxygens (including phenoxy) is 1. The van der Waals surface area contributed by atoms with Crippen molar-refractivity contribution in [3.63, 3.8) is 0 Å². The lowest BCUT2D eigenvalue weighted by Crippen LogP contribution is -2.41. The number of rotatable bonds is 7. The molecule has 0 saturated heterocycles. The molecule has 33 heavy (non-hydrogen) atoms. The number of anilines is 1. The lowest BCUT2D eigenvalue weighted by molar-refractivity contribution is -0.148. The molecule has 0 bridgehead atoms. The Bertz CT molecular complexity index is 1260. The van der Waals surface area contributed by atoms with Crippen molar-refractivity contribution in [1.82, 2.24) is 4.31 Å². The van der Waals surface area contributed by atoms with Gasteiger partial charge in [-0.1, -0.05) is 48.0 Å². The number of amides is 1. The normalized spacial score (nSPS) is 16.1. The Labute approximate surface area is 201 Å². The zero-order chi connectivity index (χ0) is 23.4. The summed E-state index contributed by atoms with van der Waals surface area (Å²) in [5, 5.41) is 4.77. The van der Waals surface area contributed by atoms with Gasteiger partial charge in [0.15, 0.2) is 6.61 Å². The number of nitrogens with one attached hydrogen (secondary N) is 1. The minimum absolute atomic E-state index is 0.202. The van der Waals surface area contributed by atoms with E-state index < -0.39 is 34.5 Å². The van der Waals surface area contributed by atoms with E-state index in [2.05, 4.69) is 5.32 Å². The zero-order valence-electron chi connectivity index (χ0n) is 17.4. The van der Waals surface area contributed by atoms with Crippen LogP contribution in [0.15, 0.2) is 70.3 Å². The zero-order valence-corrected chi connectivity index (χ0v) is 19.8. The summed E-state index contributed by atoms with van der Waals surface area (Å²) < 4.78 is 33.3. The molecule has 1 unspecified atom stereocenters. The summed E-state index contributed by atoms with van der Waals surface area (Å²) in [6.07, 6.45) is 0.348. The fraction of sp³-hybridized carbons (Fsp3) is 0.217. The lowest BCUT2D eigenvalue weighted by Gasteiger charge is -2.35. The second kappa shape index (κ2) is 10.0. The third-order valence-corrected chi connectivity index (χ3v) is 8.77. The van der Waals surface area contributed by atoms with E-state index >= 15 is 0 Å². The van der Waals surface area contributed by atoms with Crippen LogP contribution in [0.4, 0.5) is 5.69 Å². The van der Waals surface area contributed by atoms with Crippen molar-refractivity contribution in [1.29, 1.82) is 0 Å². The van der Waals surface area contributed by atoms with Gasteiger partial charge in [-0.05, 0) is 47.2 Å². The fourth-order valence-electron chi connectivity index (χ4n) is 3.78. The Hall–Kier alpha value is -2.72. The predicted octanol–water partition coefficient (Wildman–Crippen LogP) is 4.26. The van der Waals surface area contributed by atoms with Gasteiger partial charge in [0, 0.05) is 17.3 Å². The first-order valence-corrected chi connectivity index (χ1v) is 12.9. The minimum Gasteiger partial charge on any atom is -0.456 e. The van der Waals surface area contributed by atoms with Crippen LogP contribution in [0.2, 0.25) is 5.02 Å². The van der Waals surface area contributed by atoms with Crippen LogP contribution in [-0.2, 0) is 30.8 Å². The van der Waals surface area contributed by atoms with Crippen molar-refractivity contribution >= 4 is 50.5 Å². The molecular weight excluding hydrogens is 484 g/mol. The molecule has 172 valence electrons. The Morgan fingerprint density at radius 3 is 2.70 bits per heavy atom. The second-order valence-corrected chi connectivity index (χ2v) is 10.9. The molecule has 3 aromatic rings. The molecule has 0 radical (unpaired) electrons. The number of hydrogen-bond acceptors (Lipinski definition) is 6. The average Bonchev–Trinajstić information content (AvgIpc) is 3.34. The standard InChI is InChI=1S/C23H21ClN2O5S2/c24-17-6-3-7-18(13-17)25-21(27)15-31-22(28)14-20-19-8-2-1-5-16(19)10-11-26(20)33(29,30)23-9-4-12-32-23/h1-9,12-13,20H,10-11,14-15H2,(H,25,27). The summed E-state index contributed by atoms with van der Waals surface area (Å²) in [6, 6.07) is 16.6. The Kier molecular flexibility index (Phi) is 7.14. The van der Waals surface area contributed by atoms with Crippen LogP contribution >= 0.6 is 22.9 Å². The van der Waals surface area contributed by atoms with E-state index in [1.807, 2.05) is 24.3 Å². The first kappa shape index (κ1) is 23.4. The quantitative estimate of drug-likeness (QED) is 0.485. The summed E-state index contributed by atoms with van der Waals surface area (Å²) in [5.74, 6) is -1.18. The van der Waals surface area contributed by atoms with Gasteiger partial charge in [0.2, 0.25) is 0 Å². The number of nitrogens with zero attached hydrogens (tertiary/aromatic N) is 1. The molecular formula is C23H21ClN2O5S2. The number of thiophene rings is 1. The average molecular weight is 505 g/mol. The van der Waals surface area contributed by atoms with Crippen LogP contribution in [-0.4, -0.2) is 37.8 Å². The summed E-state index contributed by atoms with van der Waals surface area (Å²) in [6.45, 7) is -0.234. The van der Waals surface area contributed by atoms with Gasteiger partial charge in [-0.25, -0.2) is 8.42 Å². The van der Waals surface area contributed by atoms with Crippen molar-refractivity contribution in [3.8, 4) is 0 Å². The van der Waals surface area contributed by atoms with Crippen LogP contribution in [0, 0.1) is 0 Å². The SMILES string of the molecule is O=C(COC(=O)CC1c2ccccc2CCN1S(=O)(=O)c1cccs1)Nc1cccc(Cl)c1. The molecule has 0 aliphatic carbocycles. The van der Waals surface area contributed by atoms with Gasteiger partial charge in [0.05, 0.1) is 12.5 Å². The maximum atomic E-state index is 13.3. The smallest absolute Gasteiger partial charge is 0.308 e. The van der Waals surface area contributed by atoms with Crippen LogP contribution in [0.5, 0.6) is 0 Å². The van der Waals surface area contributed by atoms with Gasteiger partial charge in [-0.15, -0.1) is 11.3 Å². The maximum absolute atomic E-state index is 13.3. The molecule has 1 amide bonds. The van der Waals surface area contributed by atoms with Crippen molar-refractivity contribution < 1.29 is 22.7 Å². The molecule has 1 N–H and O–H groups in total. The van der Waals surface area contributed by atoms with Gasteiger partial charge < -0.3 is 10.1 Å². The van der Waals surface area contributed by atoms with E-state index in [1.165, 1.54) is 4.31 Å². The highest BCUT2D eigenvalue weighted by Crippen LogP contribution is 2.37. The van der Waals surface area contributed by atoms with E-state index in [0.29, 0.717) is 17.1 Å². The molecule has 4 rings (SSSR count). The molecule has 1 atom stereocenters. The van der Waals surface area contributed by atoms with E-state index in [1.54, 1.807) is 41.8 Å². The number of halogens is 1. The predicted molar refractivity (Wildman–Crippen MR) is 127 cm³/mol. The molecule has 1 aliphatic rings. The second-order valence-electron chi connectivity index (χ2n) is 7.44. The third-order valence-electron chi connectivity index (χ3n) is 5.25. The van der Waals surface area contributed by atoms with E-state index in [-0.39, 0.29) is 17.2 Å². The monoisotopic (exact) mass is 504 g/mol. The Morgan fingerprint density at radius 2 is 1.94 bits per heavy atom. The summed E-state index contributed by atoms with van der Waals surface area (Å²) in [5.41, 5.74) is 2.24. The van der Waals surface area contributed by atoms with Crippen LogP contribution in [0.25, 0.3) is 0 Å². The minimum atomic E-state index is -3.78. The van der Waals surface area contributed by atoms with Crippen LogP contribution in [0.3, 0.4) is 0 Å². The Balaban J connectivity index is 1.47. The highest BCUT2D eigenvalue weighted by Gasteiger charge is 2.38. The molecule has 7 nitrogen and oxygen atoms in total. The van der Waals surface area contributed by atoms with Gasteiger partial charge >= 0.3 is 5.97 Å². The van der Waals surface area contributed by atoms with Gasteiger partial charge in [-0.2, -0.15) is 4.31 Å². The molecule has 0 saturated carbocycles. The third kappa shape index (κ3) is 5.44. The van der Waals surface area contributed by atoms with Crippen molar-refractivity contribution in [2.75, 3.05) is 18.5 Å². The molecule has 1 aromatic heterocycles. The summed E-state index contributed by atoms with van der Waals surface area (Å²) >= 11 is 7.04. The van der Waals surface area contributed by atoms with Crippen LogP contribution in [0.1, 0.15) is 23.6 Å². The first-order chi connectivity index (χ1) is 15.8. The number of carbonyl (C=O) groups is 2. The molecule has 2 heterocycles. The fourth-order valence-corrected chi connectivity index (χ4v) is 6.70. The lowest BCUT2D eigenvalue weighted by atomic mass is 9.92. The first-order valence-electron chi connectivity index (χ1n) is 10.2. The highest BCUT2D eigenvalue weighted by atomic mass is 35.5. The topological polar surface area (TPSA) is 92.8 Å². The molecule has 0 spiro atoms. The van der Waals surface area contributed by atoms with Crippen LogP contribution < -0.4 is 5.32 Å². The summed E-state index contributed by atoms with van der Waals surface area (Å²) in [4.78, 5) is 24.8. The molecule has 2 aromatic carbocycles. The number of fused-ring (bicyclic) bond motifs is 1. The molecule has 1 aliphatic heterocycles. The van der Waals surface area contributed by atoms with Crippen molar-refractivity contribution in [2.45, 2.75) is 23.1 Å². The summed E-state index contributed by atoms with van der Waals surface area (Å²) in [7, 11) is -3.78. The van der Waals surface area contributed by atoms with E-state index in [9.17, 15) is 18.0 Å². The highest BCUT2D eigenvalue weighted by molar-refractivity contribution is 7.91. The molecule has 0 fully saturated rings. The van der Waals surface area contributed by atoms with Gasteiger partial charge in [0.1, 0.15) is 4.21 Å². The largest absolute Gasteiger partial charge is 0.456 e. The maximum Gasteiger partial charge on any atom is 0.308 e. The van der Waals surface area contributed by atoms with E-state index in [4.69, 9.17) is 16.3 Å². The number of hydrogen-bond donors (Lipinski definition) is 1. The van der Waals surface area contributed by atoms with Crippen molar-refractivity contribution in [2.24, 2.45) is 0 Å². The Morgan fingerprint density at radius 1 is 1.12 bits per heavy atom. The number of benzene rings is 2. The van der Waals surface area contributed by atoms with Gasteiger partial charge in [0.25, 0.3) is 15.9 Å². The molecule has 10 heteroatoms. The van der Waals surface area contributed by atoms with Crippen molar-refractivity contribution in [3.05, 3.63) is 82.2 Å². The number of carbonyl (C=O) groups excluding carboxylic acids is 2.